The van der Waals surface area contributed by atoms with Crippen LogP contribution < -0.4 is 0 Å². The van der Waals surface area contributed by atoms with E-state index in [1.165, 1.54) is 66.3 Å². The Morgan fingerprint density at radius 2 is 0.742 bits per heavy atom. The number of benzene rings is 9. The Balaban J connectivity index is 1.06. The first-order valence-corrected chi connectivity index (χ1v) is 21.2. The van der Waals surface area contributed by atoms with E-state index in [2.05, 4.69) is 211 Å². The molecule has 1 aliphatic heterocycles. The summed E-state index contributed by atoms with van der Waals surface area (Å²) >= 11 is 0. The van der Waals surface area contributed by atoms with Crippen LogP contribution in [0.2, 0.25) is 0 Å². The van der Waals surface area contributed by atoms with Gasteiger partial charge in [-0.25, -0.2) is 15.0 Å². The van der Waals surface area contributed by atoms with Gasteiger partial charge in [-0.2, -0.15) is 0 Å². The molecule has 3 heterocycles. The molecular weight excluding hydrogens is 753 g/mol. The minimum absolute atomic E-state index is 0.582. The van der Waals surface area contributed by atoms with E-state index in [1.54, 1.807) is 0 Å². The molecule has 4 nitrogen and oxygen atoms in total. The van der Waals surface area contributed by atoms with Gasteiger partial charge in [0.15, 0.2) is 17.5 Å². The SMILES string of the molecule is c1ccc(-c2ccc(-c3nc(-c4ccc(-c5ccccc5)cc4)nc(-c4ccc5c(c4)C4(c6ccccc6-c6ccccc64)c4cccc6c7ccccc7n-5c46)n3)cc2)cc1. The van der Waals surface area contributed by atoms with Gasteiger partial charge in [-0.1, -0.05) is 194 Å². The molecule has 11 aromatic rings. The van der Waals surface area contributed by atoms with Crippen LogP contribution in [0, 0.1) is 0 Å². The predicted octanol–water partition coefficient (Wildman–Crippen LogP) is 14.0. The van der Waals surface area contributed by atoms with Crippen LogP contribution >= 0.6 is 0 Å². The largest absolute Gasteiger partial charge is 0.309 e. The number of fused-ring (bicyclic) bond motifs is 12. The van der Waals surface area contributed by atoms with Crippen LogP contribution in [0.3, 0.4) is 0 Å². The minimum Gasteiger partial charge on any atom is -0.309 e. The van der Waals surface area contributed by atoms with E-state index in [9.17, 15) is 0 Å². The average molecular weight is 789 g/mol. The van der Waals surface area contributed by atoms with Crippen molar-refractivity contribution in [2.24, 2.45) is 0 Å². The van der Waals surface area contributed by atoms with E-state index in [0.29, 0.717) is 17.5 Å². The lowest BCUT2D eigenvalue weighted by Gasteiger charge is -2.39. The molecule has 288 valence electrons. The molecule has 13 rings (SSSR count). The lowest BCUT2D eigenvalue weighted by atomic mass is 9.65. The molecule has 4 heteroatoms. The second kappa shape index (κ2) is 13.4. The topological polar surface area (TPSA) is 43.6 Å². The quantitative estimate of drug-likeness (QED) is 0.174. The molecule has 2 aromatic heterocycles. The van der Waals surface area contributed by atoms with E-state index in [0.717, 1.165) is 33.5 Å². The summed E-state index contributed by atoms with van der Waals surface area (Å²) in [5.74, 6) is 1.89. The number of aromatic nitrogens is 4. The lowest BCUT2D eigenvalue weighted by Crippen LogP contribution is -2.33. The van der Waals surface area contributed by atoms with Crippen LogP contribution in [0.1, 0.15) is 22.3 Å². The molecule has 0 saturated heterocycles. The smallest absolute Gasteiger partial charge is 0.164 e. The van der Waals surface area contributed by atoms with Crippen molar-refractivity contribution < 1.29 is 0 Å². The Bertz CT molecular complexity index is 3400. The second-order valence-electron chi connectivity index (χ2n) is 16.3. The molecule has 0 amide bonds. The third-order valence-electron chi connectivity index (χ3n) is 13.1. The summed E-state index contributed by atoms with van der Waals surface area (Å²) in [7, 11) is 0. The molecule has 0 saturated carbocycles. The van der Waals surface area contributed by atoms with E-state index >= 15 is 0 Å². The maximum Gasteiger partial charge on any atom is 0.164 e. The van der Waals surface area contributed by atoms with Gasteiger partial charge in [0.2, 0.25) is 0 Å². The van der Waals surface area contributed by atoms with Crippen molar-refractivity contribution in [3.05, 3.63) is 241 Å². The Hall–Kier alpha value is -8.21. The van der Waals surface area contributed by atoms with Gasteiger partial charge in [0.1, 0.15) is 0 Å². The van der Waals surface area contributed by atoms with Gasteiger partial charge in [0, 0.05) is 27.5 Å². The molecule has 0 N–H and O–H groups in total. The van der Waals surface area contributed by atoms with Gasteiger partial charge < -0.3 is 4.57 Å². The van der Waals surface area contributed by atoms with E-state index in [-0.39, 0.29) is 0 Å². The van der Waals surface area contributed by atoms with Crippen molar-refractivity contribution in [2.45, 2.75) is 5.41 Å². The molecular formula is C58H36N4. The maximum absolute atomic E-state index is 5.31. The highest BCUT2D eigenvalue weighted by Gasteiger charge is 2.50. The molecule has 9 aromatic carbocycles. The molecule has 1 aliphatic carbocycles. The zero-order valence-electron chi connectivity index (χ0n) is 33.6. The number of rotatable bonds is 5. The van der Waals surface area contributed by atoms with Gasteiger partial charge in [-0.3, -0.25) is 0 Å². The van der Waals surface area contributed by atoms with Gasteiger partial charge in [0.05, 0.1) is 22.1 Å². The van der Waals surface area contributed by atoms with Gasteiger partial charge >= 0.3 is 0 Å². The summed E-state index contributed by atoms with van der Waals surface area (Å²) in [5.41, 5.74) is 18.0. The first-order valence-electron chi connectivity index (χ1n) is 21.2. The predicted molar refractivity (Wildman–Crippen MR) is 252 cm³/mol. The maximum atomic E-state index is 5.31. The van der Waals surface area contributed by atoms with Crippen LogP contribution in [0.25, 0.3) is 95.0 Å². The molecule has 0 bridgehead atoms. The summed E-state index contributed by atoms with van der Waals surface area (Å²) in [4.78, 5) is 15.8. The van der Waals surface area contributed by atoms with E-state index < -0.39 is 5.41 Å². The molecule has 0 radical (unpaired) electrons. The summed E-state index contributed by atoms with van der Waals surface area (Å²) in [5, 5.41) is 2.51. The van der Waals surface area contributed by atoms with Crippen molar-refractivity contribution in [1.29, 1.82) is 0 Å². The zero-order valence-corrected chi connectivity index (χ0v) is 33.6. The van der Waals surface area contributed by atoms with Gasteiger partial charge in [-0.05, 0) is 79.9 Å². The van der Waals surface area contributed by atoms with Crippen LogP contribution in [-0.4, -0.2) is 19.5 Å². The van der Waals surface area contributed by atoms with Crippen molar-refractivity contribution >= 4 is 21.8 Å². The highest BCUT2D eigenvalue weighted by atomic mass is 15.0. The molecule has 0 unspecified atom stereocenters. The Kier molecular flexibility index (Phi) is 7.49. The molecule has 62 heavy (non-hydrogen) atoms. The average Bonchev–Trinajstić information content (AvgIpc) is 3.85. The molecule has 0 fully saturated rings. The normalized spacial score (nSPS) is 13.0. The third kappa shape index (κ3) is 4.98. The van der Waals surface area contributed by atoms with Crippen LogP contribution in [0.5, 0.6) is 0 Å². The van der Waals surface area contributed by atoms with Gasteiger partial charge in [-0.15, -0.1) is 0 Å². The summed E-state index contributed by atoms with van der Waals surface area (Å²) in [6, 6.07) is 78.5. The number of hydrogen-bond donors (Lipinski definition) is 0. The summed E-state index contributed by atoms with van der Waals surface area (Å²) in [6.07, 6.45) is 0. The third-order valence-corrected chi connectivity index (χ3v) is 13.1. The van der Waals surface area contributed by atoms with Crippen LogP contribution in [-0.2, 0) is 5.41 Å². The second-order valence-corrected chi connectivity index (χ2v) is 16.3. The Morgan fingerprint density at radius 1 is 0.306 bits per heavy atom. The van der Waals surface area contributed by atoms with Gasteiger partial charge in [0.25, 0.3) is 0 Å². The first kappa shape index (κ1) is 34.6. The fourth-order valence-electron chi connectivity index (χ4n) is 10.4. The van der Waals surface area contributed by atoms with Crippen molar-refractivity contribution in [1.82, 2.24) is 19.5 Å². The first-order chi connectivity index (χ1) is 30.7. The number of hydrogen-bond acceptors (Lipinski definition) is 3. The zero-order chi connectivity index (χ0) is 40.8. The summed E-state index contributed by atoms with van der Waals surface area (Å²) in [6.45, 7) is 0. The number of para-hydroxylation sites is 2. The molecule has 1 spiro atoms. The van der Waals surface area contributed by atoms with Crippen molar-refractivity contribution in [3.8, 4) is 73.2 Å². The van der Waals surface area contributed by atoms with E-state index in [4.69, 9.17) is 15.0 Å². The lowest BCUT2D eigenvalue weighted by molar-refractivity contribution is 0.748. The Morgan fingerprint density at radius 3 is 1.34 bits per heavy atom. The molecule has 0 atom stereocenters. The summed E-state index contributed by atoms with van der Waals surface area (Å²) < 4.78 is 2.49. The van der Waals surface area contributed by atoms with Crippen LogP contribution in [0.15, 0.2) is 218 Å². The van der Waals surface area contributed by atoms with Crippen molar-refractivity contribution in [2.75, 3.05) is 0 Å². The monoisotopic (exact) mass is 788 g/mol. The van der Waals surface area contributed by atoms with E-state index in [1.807, 2.05) is 12.1 Å². The molecule has 2 aliphatic rings. The minimum atomic E-state index is -0.582. The standard InChI is InChI=1S/C58H36N4/c1-3-14-37(15-4-1)39-26-30-41(31-27-39)55-59-56(42-32-28-40(29-33-42)38-16-5-2-6-17-38)61-57(60-55)43-34-35-53-51(36-43)58(48-22-10-7-18-44(48)45-19-8-11-23-49(45)58)50-24-13-21-47-46-20-9-12-25-52(46)62(53)54(47)50/h1-36H. The fraction of sp³-hybridized carbons (Fsp3) is 0.0172. The fourth-order valence-corrected chi connectivity index (χ4v) is 10.4. The Labute approximate surface area is 359 Å². The highest BCUT2D eigenvalue weighted by Crippen LogP contribution is 2.61. The van der Waals surface area contributed by atoms with Crippen LogP contribution in [0.4, 0.5) is 0 Å². The van der Waals surface area contributed by atoms with Crippen molar-refractivity contribution in [3.63, 3.8) is 0 Å². The number of nitrogens with zero attached hydrogens (tertiary/aromatic N) is 4. The highest BCUT2D eigenvalue weighted by molar-refractivity contribution is 6.13.